The first kappa shape index (κ1) is 31.7. The molecule has 0 saturated carbocycles. The number of rotatable bonds is 5. The van der Waals surface area contributed by atoms with Crippen molar-refractivity contribution in [3.8, 4) is 39.3 Å². The molecule has 3 nitrogen and oxygen atoms in total. The van der Waals surface area contributed by atoms with Crippen molar-refractivity contribution in [2.75, 3.05) is 0 Å². The van der Waals surface area contributed by atoms with Crippen molar-refractivity contribution < 1.29 is 0 Å². The maximum atomic E-state index is 2.50. The molecular weight excluding hydrogens is 691 g/mol. The van der Waals surface area contributed by atoms with E-state index in [0.717, 1.165) is 17.1 Å². The number of hydrogen-bond acceptors (Lipinski definition) is 0. The minimum absolute atomic E-state index is 1.14. The molecule has 266 valence electrons. The van der Waals surface area contributed by atoms with Gasteiger partial charge in [-0.2, -0.15) is 0 Å². The predicted octanol–water partition coefficient (Wildman–Crippen LogP) is 14.3. The number of benzene rings is 9. The molecule has 0 spiro atoms. The zero-order valence-corrected chi connectivity index (χ0v) is 31.0. The van der Waals surface area contributed by atoms with Gasteiger partial charge in [-0.25, -0.2) is 0 Å². The van der Waals surface area contributed by atoms with Crippen LogP contribution < -0.4 is 0 Å². The van der Waals surface area contributed by atoms with Gasteiger partial charge in [-0.05, 0) is 89.5 Å². The summed E-state index contributed by atoms with van der Waals surface area (Å²) < 4.78 is 7.32. The van der Waals surface area contributed by atoms with Gasteiger partial charge in [0, 0.05) is 49.3 Å². The van der Waals surface area contributed by atoms with E-state index < -0.39 is 0 Å². The first-order valence-electron chi connectivity index (χ1n) is 19.6. The lowest BCUT2D eigenvalue weighted by Crippen LogP contribution is -1.98. The summed E-state index contributed by atoms with van der Waals surface area (Å²) >= 11 is 0. The fourth-order valence-electron chi connectivity index (χ4n) is 9.42. The summed E-state index contributed by atoms with van der Waals surface area (Å²) in [5.74, 6) is 0. The second-order valence-corrected chi connectivity index (χ2v) is 14.9. The smallest absolute Gasteiger partial charge is 0.0549 e. The Balaban J connectivity index is 1.15. The van der Waals surface area contributed by atoms with Crippen molar-refractivity contribution in [2.45, 2.75) is 0 Å². The van der Waals surface area contributed by atoms with Crippen LogP contribution in [0.5, 0.6) is 0 Å². The monoisotopic (exact) mass is 725 g/mol. The fourth-order valence-corrected chi connectivity index (χ4v) is 9.42. The summed E-state index contributed by atoms with van der Waals surface area (Å²) in [5.41, 5.74) is 15.4. The molecule has 0 N–H and O–H groups in total. The molecule has 0 bridgehead atoms. The van der Waals surface area contributed by atoms with E-state index in [-0.39, 0.29) is 0 Å². The Morgan fingerprint density at radius 1 is 0.246 bits per heavy atom. The summed E-state index contributed by atoms with van der Waals surface area (Å²) in [7, 11) is 0. The molecule has 0 atom stereocenters. The van der Waals surface area contributed by atoms with Crippen molar-refractivity contribution in [3.63, 3.8) is 0 Å². The Morgan fingerprint density at radius 3 is 1.47 bits per heavy atom. The SMILES string of the molecule is c1ccc(-c2ccc3c(c2)c2c4c5ccccc5n(-c5ccccc5)c4ccc2n3-c2ccccc2-c2cccc(-n3c4ccccc4c4ccccc43)c2)cc1. The zero-order valence-electron chi connectivity index (χ0n) is 31.0. The van der Waals surface area contributed by atoms with Crippen LogP contribution in [0.4, 0.5) is 0 Å². The highest BCUT2D eigenvalue weighted by Gasteiger charge is 2.22. The van der Waals surface area contributed by atoms with E-state index in [9.17, 15) is 0 Å². The van der Waals surface area contributed by atoms with Crippen LogP contribution >= 0.6 is 0 Å². The Labute approximate surface area is 329 Å². The molecule has 12 aromatic rings. The number of hydrogen-bond donors (Lipinski definition) is 0. The first-order valence-corrected chi connectivity index (χ1v) is 19.6. The molecule has 0 aliphatic rings. The van der Waals surface area contributed by atoms with E-state index in [1.807, 2.05) is 0 Å². The summed E-state index contributed by atoms with van der Waals surface area (Å²) in [6.07, 6.45) is 0. The number of fused-ring (bicyclic) bond motifs is 10. The molecule has 3 aromatic heterocycles. The third-order valence-electron chi connectivity index (χ3n) is 11.8. The third kappa shape index (κ3) is 4.73. The Kier molecular flexibility index (Phi) is 6.93. The molecule has 0 unspecified atom stereocenters. The van der Waals surface area contributed by atoms with Crippen LogP contribution in [0.25, 0.3) is 105 Å². The molecule has 3 heterocycles. The molecule has 0 amide bonds. The van der Waals surface area contributed by atoms with Gasteiger partial charge in [0.1, 0.15) is 0 Å². The van der Waals surface area contributed by atoms with Gasteiger partial charge in [-0.3, -0.25) is 0 Å². The van der Waals surface area contributed by atoms with Crippen LogP contribution in [0, 0.1) is 0 Å². The molecule has 9 aromatic carbocycles. The summed E-state index contributed by atoms with van der Waals surface area (Å²) in [6.45, 7) is 0. The van der Waals surface area contributed by atoms with Gasteiger partial charge in [-0.15, -0.1) is 0 Å². The van der Waals surface area contributed by atoms with Gasteiger partial charge < -0.3 is 13.7 Å². The maximum absolute atomic E-state index is 2.50. The van der Waals surface area contributed by atoms with Gasteiger partial charge in [0.25, 0.3) is 0 Å². The average Bonchev–Trinajstić information content (AvgIpc) is 3.92. The van der Waals surface area contributed by atoms with Crippen molar-refractivity contribution in [2.24, 2.45) is 0 Å². The van der Waals surface area contributed by atoms with E-state index >= 15 is 0 Å². The normalized spacial score (nSPS) is 11.9. The second kappa shape index (κ2) is 12.5. The number of para-hydroxylation sites is 5. The minimum atomic E-state index is 1.14. The molecule has 0 fully saturated rings. The highest BCUT2D eigenvalue weighted by molar-refractivity contribution is 6.29. The Morgan fingerprint density at radius 2 is 0.737 bits per heavy atom. The first-order chi connectivity index (χ1) is 28.3. The largest absolute Gasteiger partial charge is 0.309 e. The molecule has 57 heavy (non-hydrogen) atoms. The third-order valence-corrected chi connectivity index (χ3v) is 11.8. The predicted molar refractivity (Wildman–Crippen MR) is 240 cm³/mol. The Hall–Kier alpha value is -7.62. The minimum Gasteiger partial charge on any atom is -0.309 e. The molecular formula is C54H35N3. The summed E-state index contributed by atoms with van der Waals surface area (Å²) in [4.78, 5) is 0. The maximum Gasteiger partial charge on any atom is 0.0549 e. The second-order valence-electron chi connectivity index (χ2n) is 14.9. The number of aromatic nitrogens is 3. The lowest BCUT2D eigenvalue weighted by molar-refractivity contribution is 1.17. The molecule has 0 aliphatic carbocycles. The fraction of sp³-hybridized carbons (Fsp3) is 0. The lowest BCUT2D eigenvalue weighted by Gasteiger charge is -2.16. The van der Waals surface area contributed by atoms with Crippen LogP contribution in [0.1, 0.15) is 0 Å². The van der Waals surface area contributed by atoms with Crippen molar-refractivity contribution >= 4 is 65.4 Å². The molecule has 3 heteroatoms. The van der Waals surface area contributed by atoms with Gasteiger partial charge in [-0.1, -0.05) is 140 Å². The van der Waals surface area contributed by atoms with Crippen molar-refractivity contribution in [3.05, 3.63) is 212 Å². The average molecular weight is 726 g/mol. The van der Waals surface area contributed by atoms with Crippen LogP contribution in [0.15, 0.2) is 212 Å². The van der Waals surface area contributed by atoms with Gasteiger partial charge in [0.2, 0.25) is 0 Å². The molecule has 0 aliphatic heterocycles. The quantitative estimate of drug-likeness (QED) is 0.168. The standard InChI is InChI=1S/C54H35N3/c1-3-16-36(17-4-1)37-30-31-50-45(35-37)54-52(33-32-51-53(54)44-25-10-14-29-49(44)55(51)39-19-5-2-6-20-39)57(50)46-26-11-7-22-41(46)38-18-15-21-40(34-38)56-47-27-12-8-23-42(47)43-24-9-13-28-48(43)56/h1-35H. The van der Waals surface area contributed by atoms with Gasteiger partial charge in [0.15, 0.2) is 0 Å². The van der Waals surface area contributed by atoms with E-state index in [2.05, 4.69) is 226 Å². The molecule has 0 radical (unpaired) electrons. The van der Waals surface area contributed by atoms with E-state index in [4.69, 9.17) is 0 Å². The van der Waals surface area contributed by atoms with E-state index in [1.165, 1.54) is 87.7 Å². The van der Waals surface area contributed by atoms with E-state index in [1.54, 1.807) is 0 Å². The lowest BCUT2D eigenvalue weighted by atomic mass is 10.0. The number of nitrogens with zero attached hydrogens (tertiary/aromatic N) is 3. The summed E-state index contributed by atoms with van der Waals surface area (Å²) in [6, 6.07) is 77.4. The topological polar surface area (TPSA) is 14.8 Å². The Bertz CT molecular complexity index is 3460. The molecule has 0 saturated heterocycles. The highest BCUT2D eigenvalue weighted by Crippen LogP contribution is 2.45. The van der Waals surface area contributed by atoms with Crippen LogP contribution in [-0.2, 0) is 0 Å². The molecule has 12 rings (SSSR count). The van der Waals surface area contributed by atoms with E-state index in [0.29, 0.717) is 0 Å². The summed E-state index contributed by atoms with van der Waals surface area (Å²) in [5, 5.41) is 7.55. The van der Waals surface area contributed by atoms with Crippen molar-refractivity contribution in [1.82, 2.24) is 13.7 Å². The highest BCUT2D eigenvalue weighted by atomic mass is 15.0. The van der Waals surface area contributed by atoms with Gasteiger partial charge in [0.05, 0.1) is 38.8 Å². The van der Waals surface area contributed by atoms with Crippen LogP contribution in [0.2, 0.25) is 0 Å². The zero-order chi connectivity index (χ0) is 37.5. The van der Waals surface area contributed by atoms with Crippen molar-refractivity contribution in [1.29, 1.82) is 0 Å². The van der Waals surface area contributed by atoms with Crippen LogP contribution in [-0.4, -0.2) is 13.7 Å². The van der Waals surface area contributed by atoms with Crippen LogP contribution in [0.3, 0.4) is 0 Å². The van der Waals surface area contributed by atoms with Gasteiger partial charge >= 0.3 is 0 Å².